The summed E-state index contributed by atoms with van der Waals surface area (Å²) in [6.07, 6.45) is 3.32. The number of hydrogen-bond donors (Lipinski definition) is 1. The van der Waals surface area contributed by atoms with Gasteiger partial charge in [-0.2, -0.15) is 0 Å². The average molecular weight is 216 g/mol. The van der Waals surface area contributed by atoms with Crippen molar-refractivity contribution in [2.24, 2.45) is 0 Å². The molecule has 0 aliphatic carbocycles. The van der Waals surface area contributed by atoms with Crippen LogP contribution in [0.3, 0.4) is 0 Å². The third kappa shape index (κ3) is 2.28. The molecule has 0 bridgehead atoms. The van der Waals surface area contributed by atoms with Crippen molar-refractivity contribution in [2.45, 2.75) is 13.3 Å². The standard InChI is InChI=1S/C12H12N2O2/c1-9-2-4-11(5-3-9)14-7-10(13-8-14)6-12(15)16/h2-5,7-8H,6H2,1H3,(H,15,16). The SMILES string of the molecule is Cc1ccc(-n2cnc(CC(=O)O)c2)cc1. The minimum absolute atomic E-state index is 0.0428. The highest BCUT2D eigenvalue weighted by atomic mass is 16.4. The van der Waals surface area contributed by atoms with E-state index < -0.39 is 5.97 Å². The van der Waals surface area contributed by atoms with Crippen molar-refractivity contribution in [1.82, 2.24) is 9.55 Å². The van der Waals surface area contributed by atoms with E-state index in [2.05, 4.69) is 4.98 Å². The summed E-state index contributed by atoms with van der Waals surface area (Å²) in [5.74, 6) is -0.867. The molecule has 0 spiro atoms. The van der Waals surface area contributed by atoms with Crippen molar-refractivity contribution in [1.29, 1.82) is 0 Å². The number of carbonyl (C=O) groups is 1. The van der Waals surface area contributed by atoms with Gasteiger partial charge in [0.25, 0.3) is 0 Å². The number of aliphatic carboxylic acids is 1. The third-order valence-electron chi connectivity index (χ3n) is 2.30. The van der Waals surface area contributed by atoms with Crippen LogP contribution >= 0.6 is 0 Å². The van der Waals surface area contributed by atoms with Crippen molar-refractivity contribution in [3.8, 4) is 5.69 Å². The normalized spacial score (nSPS) is 10.3. The summed E-state index contributed by atoms with van der Waals surface area (Å²) in [5.41, 5.74) is 2.73. The van der Waals surface area contributed by atoms with Crippen molar-refractivity contribution in [3.05, 3.63) is 48.0 Å². The van der Waals surface area contributed by atoms with E-state index in [4.69, 9.17) is 5.11 Å². The third-order valence-corrected chi connectivity index (χ3v) is 2.30. The summed E-state index contributed by atoms with van der Waals surface area (Å²) < 4.78 is 1.82. The number of nitrogens with zero attached hydrogens (tertiary/aromatic N) is 2. The molecular weight excluding hydrogens is 204 g/mol. The highest BCUT2D eigenvalue weighted by Crippen LogP contribution is 2.10. The lowest BCUT2D eigenvalue weighted by Gasteiger charge is -2.01. The summed E-state index contributed by atoms with van der Waals surface area (Å²) in [4.78, 5) is 14.5. The number of carboxylic acid groups (broad SMARTS) is 1. The zero-order chi connectivity index (χ0) is 11.5. The Balaban J connectivity index is 2.24. The molecule has 0 radical (unpaired) electrons. The molecule has 1 N–H and O–H groups in total. The summed E-state index contributed by atoms with van der Waals surface area (Å²) in [6, 6.07) is 7.96. The summed E-state index contributed by atoms with van der Waals surface area (Å²) >= 11 is 0. The van der Waals surface area contributed by atoms with Crippen LogP contribution in [0, 0.1) is 6.92 Å². The fraction of sp³-hybridized carbons (Fsp3) is 0.167. The molecule has 2 aromatic rings. The Bertz CT molecular complexity index is 500. The Morgan fingerprint density at radius 1 is 1.38 bits per heavy atom. The van der Waals surface area contributed by atoms with Crippen molar-refractivity contribution >= 4 is 5.97 Å². The average Bonchev–Trinajstić information content (AvgIpc) is 2.66. The first-order valence-corrected chi connectivity index (χ1v) is 4.97. The van der Waals surface area contributed by atoms with E-state index in [1.807, 2.05) is 35.8 Å². The van der Waals surface area contributed by atoms with Gasteiger partial charge in [0.05, 0.1) is 18.4 Å². The molecule has 1 aromatic carbocycles. The number of aromatic nitrogens is 2. The predicted octanol–water partition coefficient (Wildman–Crippen LogP) is 1.81. The second kappa shape index (κ2) is 4.18. The van der Waals surface area contributed by atoms with E-state index in [1.54, 1.807) is 12.5 Å². The van der Waals surface area contributed by atoms with Crippen LogP contribution in [0.1, 0.15) is 11.3 Å². The molecule has 2 rings (SSSR count). The van der Waals surface area contributed by atoms with Gasteiger partial charge < -0.3 is 9.67 Å². The fourth-order valence-electron chi connectivity index (χ4n) is 1.47. The number of aryl methyl sites for hydroxylation is 1. The molecule has 0 saturated heterocycles. The van der Waals surface area contributed by atoms with Crippen LogP contribution < -0.4 is 0 Å². The first-order valence-electron chi connectivity index (χ1n) is 4.97. The van der Waals surface area contributed by atoms with Crippen LogP contribution in [-0.2, 0) is 11.2 Å². The van der Waals surface area contributed by atoms with Gasteiger partial charge in [-0.25, -0.2) is 4.98 Å². The summed E-state index contributed by atoms with van der Waals surface area (Å²) in [7, 11) is 0. The molecule has 0 atom stereocenters. The molecule has 0 unspecified atom stereocenters. The van der Waals surface area contributed by atoms with Crippen LogP contribution in [-0.4, -0.2) is 20.6 Å². The van der Waals surface area contributed by atoms with Crippen LogP contribution in [0.15, 0.2) is 36.8 Å². The molecule has 0 fully saturated rings. The van der Waals surface area contributed by atoms with Gasteiger partial charge in [-0.1, -0.05) is 17.7 Å². The van der Waals surface area contributed by atoms with Crippen LogP contribution in [0.5, 0.6) is 0 Å². The van der Waals surface area contributed by atoms with Gasteiger partial charge in [0.15, 0.2) is 0 Å². The largest absolute Gasteiger partial charge is 0.481 e. The van der Waals surface area contributed by atoms with Crippen molar-refractivity contribution in [3.63, 3.8) is 0 Å². The van der Waals surface area contributed by atoms with Crippen LogP contribution in [0.4, 0.5) is 0 Å². The molecule has 1 heterocycles. The second-order valence-electron chi connectivity index (χ2n) is 3.68. The number of imidazole rings is 1. The molecular formula is C12H12N2O2. The van der Waals surface area contributed by atoms with Gasteiger partial charge in [-0.15, -0.1) is 0 Å². The molecule has 0 aliphatic rings. The van der Waals surface area contributed by atoms with E-state index in [0.29, 0.717) is 5.69 Å². The van der Waals surface area contributed by atoms with E-state index in [-0.39, 0.29) is 6.42 Å². The Labute approximate surface area is 93.2 Å². The highest BCUT2D eigenvalue weighted by Gasteiger charge is 2.04. The quantitative estimate of drug-likeness (QED) is 0.851. The maximum atomic E-state index is 10.5. The molecule has 82 valence electrons. The molecule has 0 amide bonds. The highest BCUT2D eigenvalue weighted by molar-refractivity contribution is 5.69. The van der Waals surface area contributed by atoms with Gasteiger partial charge in [0.2, 0.25) is 0 Å². The topological polar surface area (TPSA) is 55.1 Å². The molecule has 16 heavy (non-hydrogen) atoms. The lowest BCUT2D eigenvalue weighted by molar-refractivity contribution is -0.136. The maximum Gasteiger partial charge on any atom is 0.309 e. The molecule has 0 saturated carbocycles. The Hall–Kier alpha value is -2.10. The van der Waals surface area contributed by atoms with E-state index >= 15 is 0 Å². The lowest BCUT2D eigenvalue weighted by atomic mass is 10.2. The zero-order valence-electron chi connectivity index (χ0n) is 8.92. The summed E-state index contributed by atoms with van der Waals surface area (Å²) in [6.45, 7) is 2.02. The predicted molar refractivity (Wildman–Crippen MR) is 59.6 cm³/mol. The molecule has 4 nitrogen and oxygen atoms in total. The number of benzene rings is 1. The van der Waals surface area contributed by atoms with E-state index in [9.17, 15) is 4.79 Å². The minimum atomic E-state index is -0.867. The van der Waals surface area contributed by atoms with Gasteiger partial charge in [-0.3, -0.25) is 4.79 Å². The zero-order valence-corrected chi connectivity index (χ0v) is 8.92. The van der Waals surface area contributed by atoms with E-state index in [1.165, 1.54) is 5.56 Å². The van der Waals surface area contributed by atoms with Crippen LogP contribution in [0.2, 0.25) is 0 Å². The van der Waals surface area contributed by atoms with Crippen molar-refractivity contribution < 1.29 is 9.90 Å². The Morgan fingerprint density at radius 3 is 2.69 bits per heavy atom. The van der Waals surface area contributed by atoms with E-state index in [0.717, 1.165) is 5.69 Å². The van der Waals surface area contributed by atoms with Gasteiger partial charge in [0, 0.05) is 11.9 Å². The van der Waals surface area contributed by atoms with Crippen molar-refractivity contribution in [2.75, 3.05) is 0 Å². The maximum absolute atomic E-state index is 10.5. The minimum Gasteiger partial charge on any atom is -0.481 e. The smallest absolute Gasteiger partial charge is 0.309 e. The van der Waals surface area contributed by atoms with Gasteiger partial charge in [-0.05, 0) is 19.1 Å². The Morgan fingerprint density at radius 2 is 2.06 bits per heavy atom. The van der Waals surface area contributed by atoms with Crippen LogP contribution in [0.25, 0.3) is 5.69 Å². The number of rotatable bonds is 3. The first kappa shape index (κ1) is 10.4. The molecule has 1 aromatic heterocycles. The van der Waals surface area contributed by atoms with Gasteiger partial charge in [0.1, 0.15) is 0 Å². The molecule has 4 heteroatoms. The Kier molecular flexibility index (Phi) is 2.72. The monoisotopic (exact) mass is 216 g/mol. The fourth-order valence-corrected chi connectivity index (χ4v) is 1.47. The number of hydrogen-bond acceptors (Lipinski definition) is 2. The second-order valence-corrected chi connectivity index (χ2v) is 3.68. The summed E-state index contributed by atoms with van der Waals surface area (Å²) in [5, 5.41) is 8.63. The number of carboxylic acids is 1. The van der Waals surface area contributed by atoms with Gasteiger partial charge >= 0.3 is 5.97 Å². The molecule has 0 aliphatic heterocycles. The lowest BCUT2D eigenvalue weighted by Crippen LogP contribution is -1.99. The first-order chi connectivity index (χ1) is 7.65.